The molecule has 2 aliphatic rings. The molecule has 1 aliphatic heterocycles. The van der Waals surface area contributed by atoms with Gasteiger partial charge in [0.25, 0.3) is 5.56 Å². The van der Waals surface area contributed by atoms with Crippen molar-refractivity contribution in [3.63, 3.8) is 0 Å². The average molecular weight is 395 g/mol. The van der Waals surface area contributed by atoms with Crippen LogP contribution in [0.1, 0.15) is 25.7 Å². The largest absolute Gasteiger partial charge is 0.374 e. The van der Waals surface area contributed by atoms with Crippen LogP contribution in [0.2, 0.25) is 0 Å². The van der Waals surface area contributed by atoms with Gasteiger partial charge in [-0.25, -0.2) is 4.98 Å². The maximum absolute atomic E-state index is 12.5. The minimum atomic E-state index is -0.0364. The van der Waals surface area contributed by atoms with E-state index in [-0.39, 0.29) is 38.7 Å². The van der Waals surface area contributed by atoms with Crippen molar-refractivity contribution in [3.8, 4) is 11.3 Å². The van der Waals surface area contributed by atoms with Crippen molar-refractivity contribution in [1.82, 2.24) is 14.5 Å². The molecule has 2 aromatic heterocycles. The number of ether oxygens (including phenoxy) is 1. The predicted octanol–water partition coefficient (Wildman–Crippen LogP) is 2.22. The summed E-state index contributed by atoms with van der Waals surface area (Å²) in [6.45, 7) is 1.47. The summed E-state index contributed by atoms with van der Waals surface area (Å²) < 4.78 is 7.61. The fraction of sp³-hybridized carbons (Fsp3) is 0.500. The first-order chi connectivity index (χ1) is 11.7. The molecule has 4 rings (SSSR count). The molecule has 1 aliphatic carbocycles. The van der Waals surface area contributed by atoms with E-state index in [2.05, 4.69) is 9.88 Å². The normalized spacial score (nSPS) is 22.0. The molecule has 0 aromatic carbocycles. The highest BCUT2D eigenvalue weighted by Gasteiger charge is 2.36. The first kappa shape index (κ1) is 20.8. The number of pyridine rings is 1. The molecule has 26 heavy (non-hydrogen) atoms. The summed E-state index contributed by atoms with van der Waals surface area (Å²) in [4.78, 5) is 23.6. The summed E-state index contributed by atoms with van der Waals surface area (Å²) in [5.74, 6) is 0.745. The van der Waals surface area contributed by atoms with Crippen LogP contribution in [0.5, 0.6) is 0 Å². The Morgan fingerprint density at radius 1 is 1.15 bits per heavy atom. The van der Waals surface area contributed by atoms with Gasteiger partial charge in [0.1, 0.15) is 0 Å². The van der Waals surface area contributed by atoms with Crippen LogP contribution < -0.4 is 10.5 Å². The van der Waals surface area contributed by atoms with Crippen molar-refractivity contribution in [3.05, 3.63) is 40.9 Å². The highest BCUT2D eigenvalue weighted by atomic mass is 32.1. The third-order valence-corrected chi connectivity index (χ3v) is 5.08. The molecule has 1 saturated carbocycles. The van der Waals surface area contributed by atoms with Gasteiger partial charge in [-0.05, 0) is 25.0 Å². The lowest BCUT2D eigenvalue weighted by Crippen LogP contribution is -2.54. The quantitative estimate of drug-likeness (QED) is 0.782. The summed E-state index contributed by atoms with van der Waals surface area (Å²) >= 11 is 0. The summed E-state index contributed by atoms with van der Waals surface area (Å²) in [6.07, 6.45) is 8.32. The molecule has 142 valence electrons. The number of nitrogens with zero attached hydrogens (tertiary/aromatic N) is 4. The number of fused-ring (bicyclic) bond motifs is 1. The molecular weight excluding hydrogens is 368 g/mol. The van der Waals surface area contributed by atoms with Gasteiger partial charge in [0.2, 0.25) is 5.95 Å². The van der Waals surface area contributed by atoms with Gasteiger partial charge < -0.3 is 9.64 Å². The van der Waals surface area contributed by atoms with E-state index in [9.17, 15) is 4.79 Å². The maximum atomic E-state index is 12.5. The highest BCUT2D eigenvalue weighted by Crippen LogP contribution is 2.31. The van der Waals surface area contributed by atoms with Gasteiger partial charge in [0, 0.05) is 37.6 Å². The second kappa shape index (κ2) is 8.92. The van der Waals surface area contributed by atoms with Gasteiger partial charge in [-0.3, -0.25) is 14.3 Å². The van der Waals surface area contributed by atoms with E-state index in [4.69, 9.17) is 9.72 Å². The van der Waals surface area contributed by atoms with Crippen molar-refractivity contribution in [2.45, 2.75) is 37.8 Å². The van der Waals surface area contributed by atoms with Crippen LogP contribution in [-0.2, 0) is 11.8 Å². The Labute approximate surface area is 167 Å². The molecule has 0 N–H and O–H groups in total. The Bertz CT molecular complexity index is 783. The smallest absolute Gasteiger partial charge is 0.255 e. The van der Waals surface area contributed by atoms with Crippen molar-refractivity contribution in [2.75, 3.05) is 18.1 Å². The van der Waals surface area contributed by atoms with E-state index in [1.165, 1.54) is 12.8 Å². The van der Waals surface area contributed by atoms with Crippen LogP contribution in [0.4, 0.5) is 5.95 Å². The zero-order valence-electron chi connectivity index (χ0n) is 14.9. The van der Waals surface area contributed by atoms with E-state index < -0.39 is 0 Å². The lowest BCUT2D eigenvalue weighted by molar-refractivity contribution is -0.00959. The SMILES string of the molecule is Cn1c(N2CCO[C@H]3CCCC[C@@H]32)nc(-c2ccncc2)cc1=O.S.S. The van der Waals surface area contributed by atoms with Crippen molar-refractivity contribution < 1.29 is 4.74 Å². The zero-order valence-corrected chi connectivity index (χ0v) is 16.9. The molecule has 8 heteroatoms. The minimum absolute atomic E-state index is 0. The van der Waals surface area contributed by atoms with Crippen LogP contribution >= 0.6 is 27.0 Å². The number of hydrogen-bond acceptors (Lipinski definition) is 5. The highest BCUT2D eigenvalue weighted by molar-refractivity contribution is 7.59. The van der Waals surface area contributed by atoms with Crippen LogP contribution in [0.15, 0.2) is 35.4 Å². The Morgan fingerprint density at radius 3 is 2.65 bits per heavy atom. The number of morpholine rings is 1. The lowest BCUT2D eigenvalue weighted by atomic mass is 9.90. The van der Waals surface area contributed by atoms with Crippen molar-refractivity contribution >= 4 is 32.9 Å². The van der Waals surface area contributed by atoms with Gasteiger partial charge >= 0.3 is 0 Å². The molecule has 3 heterocycles. The van der Waals surface area contributed by atoms with E-state index in [1.807, 2.05) is 12.1 Å². The molecule has 0 bridgehead atoms. The van der Waals surface area contributed by atoms with Gasteiger partial charge in [0.05, 0.1) is 24.4 Å². The Hall–Kier alpha value is -1.51. The van der Waals surface area contributed by atoms with E-state index in [0.717, 1.165) is 30.9 Å². The van der Waals surface area contributed by atoms with Crippen LogP contribution in [0.3, 0.4) is 0 Å². The Kier molecular flexibility index (Phi) is 7.14. The molecule has 0 spiro atoms. The molecule has 0 amide bonds. The van der Waals surface area contributed by atoms with E-state index in [1.54, 1.807) is 30.1 Å². The molecule has 1 saturated heterocycles. The number of aromatic nitrogens is 3. The second-order valence-electron chi connectivity index (χ2n) is 6.53. The first-order valence-corrected chi connectivity index (χ1v) is 8.61. The van der Waals surface area contributed by atoms with Crippen LogP contribution in [-0.4, -0.2) is 39.8 Å². The van der Waals surface area contributed by atoms with Crippen molar-refractivity contribution in [1.29, 1.82) is 0 Å². The summed E-state index contributed by atoms with van der Waals surface area (Å²) in [6, 6.07) is 5.68. The molecule has 0 radical (unpaired) electrons. The van der Waals surface area contributed by atoms with Gasteiger partial charge in [-0.1, -0.05) is 12.8 Å². The van der Waals surface area contributed by atoms with E-state index >= 15 is 0 Å². The zero-order chi connectivity index (χ0) is 16.5. The molecule has 0 unspecified atom stereocenters. The summed E-state index contributed by atoms with van der Waals surface area (Å²) in [7, 11) is 1.80. The van der Waals surface area contributed by atoms with Gasteiger partial charge in [-0.15, -0.1) is 0 Å². The molecular formula is C18H26N4O2S2. The minimum Gasteiger partial charge on any atom is -0.374 e. The number of hydrogen-bond donors (Lipinski definition) is 0. The number of rotatable bonds is 2. The monoisotopic (exact) mass is 394 g/mol. The lowest BCUT2D eigenvalue weighted by Gasteiger charge is -2.44. The molecule has 2 aromatic rings. The Balaban J connectivity index is 0.00000121. The van der Waals surface area contributed by atoms with Crippen molar-refractivity contribution in [2.24, 2.45) is 7.05 Å². The van der Waals surface area contributed by atoms with Crippen LogP contribution in [0, 0.1) is 0 Å². The van der Waals surface area contributed by atoms with Crippen LogP contribution in [0.25, 0.3) is 11.3 Å². The third-order valence-electron chi connectivity index (χ3n) is 5.08. The topological polar surface area (TPSA) is 60.2 Å². The molecule has 2 atom stereocenters. The van der Waals surface area contributed by atoms with E-state index in [0.29, 0.717) is 18.3 Å². The fourth-order valence-electron chi connectivity index (χ4n) is 3.80. The first-order valence-electron chi connectivity index (χ1n) is 8.61. The molecule has 6 nitrogen and oxygen atoms in total. The number of anilines is 1. The molecule has 2 fully saturated rings. The summed E-state index contributed by atoms with van der Waals surface area (Å²) in [5, 5.41) is 0. The summed E-state index contributed by atoms with van der Waals surface area (Å²) in [5.41, 5.74) is 1.58. The fourth-order valence-corrected chi connectivity index (χ4v) is 3.80. The second-order valence-corrected chi connectivity index (χ2v) is 6.53. The Morgan fingerprint density at radius 2 is 1.88 bits per heavy atom. The third kappa shape index (κ3) is 3.92. The average Bonchev–Trinajstić information content (AvgIpc) is 2.64. The predicted molar refractivity (Wildman–Crippen MR) is 113 cm³/mol. The maximum Gasteiger partial charge on any atom is 0.255 e. The van der Waals surface area contributed by atoms with Gasteiger partial charge in [-0.2, -0.15) is 27.0 Å². The van der Waals surface area contributed by atoms with Gasteiger partial charge in [0.15, 0.2) is 0 Å². The standard InChI is InChI=1S/C18H22N4O2.2H2S/c1-21-17(23)12-14(13-6-8-19-9-7-13)20-18(21)22-10-11-24-16-5-3-2-4-15(16)22;;/h6-9,12,15-16H,2-5,10-11H2,1H3;2*1H2/t15-,16-;;/m0../s1.